The summed E-state index contributed by atoms with van der Waals surface area (Å²) in [6, 6.07) is 4.14. The molecule has 19 heavy (non-hydrogen) atoms. The predicted molar refractivity (Wildman–Crippen MR) is 74.1 cm³/mol. The topological polar surface area (TPSA) is 63.2 Å². The third kappa shape index (κ3) is 3.92. The summed E-state index contributed by atoms with van der Waals surface area (Å²) in [6.45, 7) is 6.52. The summed E-state index contributed by atoms with van der Waals surface area (Å²) in [7, 11) is 0. The molecule has 0 aromatic carbocycles. The lowest BCUT2D eigenvalue weighted by atomic mass is 10.1. The fraction of sp³-hybridized carbons (Fsp3) is 0.571. The smallest absolute Gasteiger partial charge is 0.413 e. The molecule has 5 heteroatoms. The van der Waals surface area contributed by atoms with Crippen LogP contribution in [-0.2, 0) is 4.74 Å². The molecule has 5 nitrogen and oxygen atoms in total. The van der Waals surface area contributed by atoms with E-state index in [-0.39, 0.29) is 6.04 Å². The molecule has 1 amide bonds. The summed E-state index contributed by atoms with van der Waals surface area (Å²) in [4.78, 5) is 16.0. The molecule has 1 aliphatic heterocycles. The average molecular weight is 263 g/mol. The summed E-state index contributed by atoms with van der Waals surface area (Å²) in [5.74, 6) is 0.580. The van der Waals surface area contributed by atoms with Crippen molar-refractivity contribution in [3.8, 4) is 0 Å². The number of hydrogen-bond donors (Lipinski definition) is 2. The van der Waals surface area contributed by atoms with Crippen molar-refractivity contribution in [2.45, 2.75) is 45.3 Å². The molecule has 1 aromatic heterocycles. The van der Waals surface area contributed by atoms with Crippen LogP contribution in [-0.4, -0.2) is 23.2 Å². The Morgan fingerprint density at radius 1 is 1.53 bits per heavy atom. The van der Waals surface area contributed by atoms with E-state index in [2.05, 4.69) is 15.6 Å². The Bertz CT molecular complexity index is 448. The fourth-order valence-corrected chi connectivity index (χ4v) is 2.15. The molecule has 0 radical (unpaired) electrons. The molecule has 1 atom stereocenters. The van der Waals surface area contributed by atoms with Gasteiger partial charge in [0.2, 0.25) is 0 Å². The van der Waals surface area contributed by atoms with E-state index < -0.39 is 11.7 Å². The van der Waals surface area contributed by atoms with Gasteiger partial charge < -0.3 is 10.1 Å². The Hall–Kier alpha value is -1.62. The zero-order chi connectivity index (χ0) is 13.9. The van der Waals surface area contributed by atoms with Crippen LogP contribution in [0, 0.1) is 0 Å². The van der Waals surface area contributed by atoms with E-state index in [1.165, 1.54) is 0 Å². The van der Waals surface area contributed by atoms with E-state index in [0.717, 1.165) is 24.9 Å². The molecule has 104 valence electrons. The van der Waals surface area contributed by atoms with E-state index in [1.807, 2.05) is 32.9 Å². The molecule has 0 spiro atoms. The lowest BCUT2D eigenvalue weighted by Gasteiger charge is -2.21. The Morgan fingerprint density at radius 2 is 2.32 bits per heavy atom. The highest BCUT2D eigenvalue weighted by molar-refractivity contribution is 5.84. The van der Waals surface area contributed by atoms with E-state index in [1.54, 1.807) is 6.20 Å². The molecule has 2 N–H and O–H groups in total. The van der Waals surface area contributed by atoms with Gasteiger partial charge in [0.15, 0.2) is 0 Å². The number of nitrogens with one attached hydrogen (secondary N) is 2. The number of nitrogens with zero attached hydrogens (tertiary/aromatic N) is 1. The van der Waals surface area contributed by atoms with Gasteiger partial charge in [-0.05, 0) is 46.2 Å². The van der Waals surface area contributed by atoms with Gasteiger partial charge in [0.25, 0.3) is 0 Å². The summed E-state index contributed by atoms with van der Waals surface area (Å²) in [5, 5.41) is 6.13. The van der Waals surface area contributed by atoms with Gasteiger partial charge in [-0.3, -0.25) is 5.32 Å². The number of ether oxygens (including phenoxy) is 1. The van der Waals surface area contributed by atoms with Crippen LogP contribution in [0.5, 0.6) is 0 Å². The maximum absolute atomic E-state index is 11.8. The molecule has 0 aliphatic carbocycles. The van der Waals surface area contributed by atoms with Gasteiger partial charge in [-0.1, -0.05) is 6.07 Å². The van der Waals surface area contributed by atoms with E-state index in [0.29, 0.717) is 5.82 Å². The highest BCUT2D eigenvalue weighted by Crippen LogP contribution is 2.27. The minimum Gasteiger partial charge on any atom is -0.444 e. The van der Waals surface area contributed by atoms with Crippen LogP contribution in [0.25, 0.3) is 0 Å². The van der Waals surface area contributed by atoms with Crippen molar-refractivity contribution in [3.63, 3.8) is 0 Å². The van der Waals surface area contributed by atoms with Crippen LogP contribution >= 0.6 is 0 Å². The van der Waals surface area contributed by atoms with Gasteiger partial charge in [0, 0.05) is 17.8 Å². The molecule has 1 aromatic rings. The van der Waals surface area contributed by atoms with Crippen molar-refractivity contribution in [3.05, 3.63) is 23.9 Å². The zero-order valence-electron chi connectivity index (χ0n) is 11.7. The van der Waals surface area contributed by atoms with Gasteiger partial charge in [0.05, 0.1) is 0 Å². The minimum atomic E-state index is -0.509. The lowest BCUT2D eigenvalue weighted by Crippen LogP contribution is -2.28. The Kier molecular flexibility index (Phi) is 4.04. The van der Waals surface area contributed by atoms with Crippen LogP contribution in [0.4, 0.5) is 10.6 Å². The first-order valence-electron chi connectivity index (χ1n) is 6.64. The number of carbonyl (C=O) groups excluding carboxylic acids is 1. The molecule has 1 aliphatic rings. The van der Waals surface area contributed by atoms with Crippen molar-refractivity contribution in [2.75, 3.05) is 11.9 Å². The summed E-state index contributed by atoms with van der Waals surface area (Å²) in [5.41, 5.74) is 0.510. The van der Waals surface area contributed by atoms with Crippen molar-refractivity contribution in [1.82, 2.24) is 10.3 Å². The van der Waals surface area contributed by atoms with Crippen LogP contribution in [0.2, 0.25) is 0 Å². The number of rotatable bonds is 2. The van der Waals surface area contributed by atoms with Crippen LogP contribution in [0.3, 0.4) is 0 Å². The number of anilines is 1. The number of aromatic nitrogens is 1. The molecule has 0 unspecified atom stereocenters. The Labute approximate surface area is 113 Å². The number of hydrogen-bond acceptors (Lipinski definition) is 4. The van der Waals surface area contributed by atoms with Gasteiger partial charge in [-0.2, -0.15) is 0 Å². The second-order valence-electron chi connectivity index (χ2n) is 5.72. The molecule has 2 rings (SSSR count). The zero-order valence-corrected chi connectivity index (χ0v) is 11.7. The van der Waals surface area contributed by atoms with Gasteiger partial charge in [-0.25, -0.2) is 9.78 Å². The van der Waals surface area contributed by atoms with E-state index in [9.17, 15) is 4.79 Å². The molecule has 2 heterocycles. The van der Waals surface area contributed by atoms with Gasteiger partial charge in [-0.15, -0.1) is 0 Å². The number of pyridine rings is 1. The van der Waals surface area contributed by atoms with Crippen molar-refractivity contribution in [1.29, 1.82) is 0 Å². The van der Waals surface area contributed by atoms with Crippen LogP contribution in [0.1, 0.15) is 45.2 Å². The molecular weight excluding hydrogens is 242 g/mol. The van der Waals surface area contributed by atoms with E-state index >= 15 is 0 Å². The summed E-state index contributed by atoms with van der Waals surface area (Å²) < 4.78 is 5.25. The number of amides is 1. The largest absolute Gasteiger partial charge is 0.444 e. The second-order valence-corrected chi connectivity index (χ2v) is 5.72. The minimum absolute atomic E-state index is 0.263. The Balaban J connectivity index is 2.09. The first kappa shape index (κ1) is 13.8. The normalized spacial score (nSPS) is 19.2. The third-order valence-electron chi connectivity index (χ3n) is 2.89. The van der Waals surface area contributed by atoms with Crippen molar-refractivity contribution < 1.29 is 9.53 Å². The molecule has 0 saturated carbocycles. The molecule has 0 bridgehead atoms. The predicted octanol–water partition coefficient (Wildman–Crippen LogP) is 2.85. The van der Waals surface area contributed by atoms with E-state index in [4.69, 9.17) is 4.74 Å². The van der Waals surface area contributed by atoms with Crippen LogP contribution in [0.15, 0.2) is 18.3 Å². The fourth-order valence-electron chi connectivity index (χ4n) is 2.15. The standard InChI is InChI=1S/C14H21N3O2/c1-14(2,3)19-13(18)17-12-10(6-4-9-16-12)11-7-5-8-15-11/h4,6,9,11,15H,5,7-8H2,1-3H3,(H,16,17,18)/t11-/m1/s1. The maximum Gasteiger partial charge on any atom is 0.413 e. The Morgan fingerprint density at radius 3 is 2.95 bits per heavy atom. The third-order valence-corrected chi connectivity index (χ3v) is 2.89. The summed E-state index contributed by atoms with van der Waals surface area (Å²) >= 11 is 0. The second kappa shape index (κ2) is 5.57. The lowest BCUT2D eigenvalue weighted by molar-refractivity contribution is 0.0635. The molecular formula is C14H21N3O2. The van der Waals surface area contributed by atoms with Crippen molar-refractivity contribution in [2.24, 2.45) is 0 Å². The monoisotopic (exact) mass is 263 g/mol. The average Bonchev–Trinajstić information content (AvgIpc) is 2.80. The quantitative estimate of drug-likeness (QED) is 0.861. The van der Waals surface area contributed by atoms with Crippen molar-refractivity contribution >= 4 is 11.9 Å². The SMILES string of the molecule is CC(C)(C)OC(=O)Nc1ncccc1[C@H]1CCCN1. The van der Waals surface area contributed by atoms with Crippen LogP contribution < -0.4 is 10.6 Å². The number of carbonyl (C=O) groups is 1. The maximum atomic E-state index is 11.8. The van der Waals surface area contributed by atoms with Gasteiger partial charge in [0.1, 0.15) is 11.4 Å². The highest BCUT2D eigenvalue weighted by Gasteiger charge is 2.22. The first-order valence-corrected chi connectivity index (χ1v) is 6.64. The van der Waals surface area contributed by atoms with Gasteiger partial charge >= 0.3 is 6.09 Å². The first-order chi connectivity index (χ1) is 8.96. The summed E-state index contributed by atoms with van der Waals surface area (Å²) in [6.07, 6.45) is 3.41. The highest BCUT2D eigenvalue weighted by atomic mass is 16.6. The molecule has 1 saturated heterocycles. The molecule has 1 fully saturated rings.